The maximum Gasteiger partial charge on any atom is 0.433 e. The lowest BCUT2D eigenvalue weighted by molar-refractivity contribution is -0.137. The van der Waals surface area contributed by atoms with E-state index in [0.29, 0.717) is 25.1 Å². The van der Waals surface area contributed by atoms with Gasteiger partial charge in [-0.1, -0.05) is 11.8 Å². The van der Waals surface area contributed by atoms with Crippen LogP contribution in [0.2, 0.25) is 0 Å². The van der Waals surface area contributed by atoms with Crippen LogP contribution >= 0.6 is 11.8 Å². The highest BCUT2D eigenvalue weighted by Gasteiger charge is 2.33. The first-order valence-corrected chi connectivity index (χ1v) is 8.55. The molecule has 0 spiro atoms. The molecule has 1 heterocycles. The van der Waals surface area contributed by atoms with Crippen LogP contribution in [0, 0.1) is 0 Å². The van der Waals surface area contributed by atoms with Gasteiger partial charge < -0.3 is 15.3 Å². The molecule has 1 aromatic carbocycles. The molecule has 1 aliphatic rings. The number of nitrogens with zero attached hydrogens (tertiary/aromatic N) is 2. The molecule has 136 valence electrons. The van der Waals surface area contributed by atoms with Crippen LogP contribution in [0.3, 0.4) is 0 Å². The predicted molar refractivity (Wildman–Crippen MR) is 88.9 cm³/mol. The van der Waals surface area contributed by atoms with Crippen LogP contribution in [0.25, 0.3) is 0 Å². The molecule has 1 atom stereocenters. The molecule has 1 saturated heterocycles. The van der Waals surface area contributed by atoms with Gasteiger partial charge in [-0.2, -0.15) is 18.2 Å². The van der Waals surface area contributed by atoms with Crippen LogP contribution in [-0.4, -0.2) is 41.1 Å². The highest BCUT2D eigenvalue weighted by Crippen LogP contribution is 2.32. The Balaban J connectivity index is 2.14. The standard InChI is InChI=1S/C15H16F3N3O3S/c1-25-13(20-14(23)24)19-12(22)11-3-2-8-21(11)10-6-4-9(5-7-10)15(16,17)18/h4-7,11H,2-3,8H2,1H3,(H,23,24)(H,19,20,22). The molecule has 0 bridgehead atoms. The number of carboxylic acid groups (broad SMARTS) is 1. The Morgan fingerprint density at radius 1 is 1.32 bits per heavy atom. The van der Waals surface area contributed by atoms with Gasteiger partial charge in [0.1, 0.15) is 6.04 Å². The number of amidine groups is 1. The molecule has 0 saturated carbocycles. The molecule has 2 rings (SSSR count). The smallest absolute Gasteiger partial charge is 0.433 e. The van der Waals surface area contributed by atoms with Crippen LogP contribution in [0.5, 0.6) is 0 Å². The number of hydrogen-bond donors (Lipinski definition) is 2. The maximum atomic E-state index is 12.6. The van der Waals surface area contributed by atoms with Crippen LogP contribution in [0.15, 0.2) is 29.3 Å². The minimum atomic E-state index is -4.42. The number of aliphatic imine (C=N–C) groups is 1. The van der Waals surface area contributed by atoms with Crippen molar-refractivity contribution in [1.29, 1.82) is 0 Å². The highest BCUT2D eigenvalue weighted by molar-refractivity contribution is 8.13. The van der Waals surface area contributed by atoms with Gasteiger partial charge in [0.2, 0.25) is 5.91 Å². The third-order valence-corrected chi connectivity index (χ3v) is 4.28. The first kappa shape index (κ1) is 19.1. The molecule has 0 aliphatic carbocycles. The van der Waals surface area contributed by atoms with E-state index in [0.717, 1.165) is 23.9 Å². The topological polar surface area (TPSA) is 82.0 Å². The summed E-state index contributed by atoms with van der Waals surface area (Å²) in [5.74, 6) is -0.438. The molecule has 1 fully saturated rings. The number of anilines is 1. The van der Waals surface area contributed by atoms with E-state index in [1.165, 1.54) is 12.1 Å². The summed E-state index contributed by atoms with van der Waals surface area (Å²) in [7, 11) is 0. The molecule has 10 heteroatoms. The molecule has 0 aromatic heterocycles. The van der Waals surface area contributed by atoms with Crippen molar-refractivity contribution in [2.24, 2.45) is 4.99 Å². The van der Waals surface area contributed by atoms with Crippen molar-refractivity contribution >= 4 is 34.6 Å². The number of benzene rings is 1. The summed E-state index contributed by atoms with van der Waals surface area (Å²) >= 11 is 0.981. The van der Waals surface area contributed by atoms with Crippen molar-refractivity contribution in [3.05, 3.63) is 29.8 Å². The number of amides is 2. The molecule has 2 N–H and O–H groups in total. The van der Waals surface area contributed by atoms with Gasteiger partial charge in [0.25, 0.3) is 0 Å². The zero-order chi connectivity index (χ0) is 18.6. The summed E-state index contributed by atoms with van der Waals surface area (Å²) in [5.41, 5.74) is -0.249. The van der Waals surface area contributed by atoms with Gasteiger partial charge in [0, 0.05) is 12.2 Å². The average Bonchev–Trinajstić information content (AvgIpc) is 3.02. The van der Waals surface area contributed by atoms with Gasteiger partial charge in [-0.15, -0.1) is 0 Å². The highest BCUT2D eigenvalue weighted by atomic mass is 32.2. The number of alkyl halides is 3. The van der Waals surface area contributed by atoms with E-state index in [-0.39, 0.29) is 5.17 Å². The van der Waals surface area contributed by atoms with E-state index in [1.54, 1.807) is 11.2 Å². The van der Waals surface area contributed by atoms with Crippen molar-refractivity contribution in [2.75, 3.05) is 17.7 Å². The molecule has 0 radical (unpaired) electrons. The first-order chi connectivity index (χ1) is 11.7. The van der Waals surface area contributed by atoms with Gasteiger partial charge in [-0.3, -0.25) is 4.79 Å². The minimum Gasteiger partial charge on any atom is -0.463 e. The van der Waals surface area contributed by atoms with E-state index in [1.807, 2.05) is 0 Å². The van der Waals surface area contributed by atoms with E-state index in [4.69, 9.17) is 5.11 Å². The van der Waals surface area contributed by atoms with Crippen molar-refractivity contribution in [1.82, 2.24) is 5.32 Å². The summed E-state index contributed by atoms with van der Waals surface area (Å²) in [6.45, 7) is 0.522. The number of nitrogens with one attached hydrogen (secondary N) is 1. The minimum absolute atomic E-state index is 0.0447. The number of halogens is 3. The third kappa shape index (κ3) is 4.88. The fraction of sp³-hybridized carbons (Fsp3) is 0.400. The number of carbonyl (C=O) groups is 2. The Kier molecular flexibility index (Phi) is 5.93. The van der Waals surface area contributed by atoms with Crippen LogP contribution in [-0.2, 0) is 11.0 Å². The average molecular weight is 375 g/mol. The summed E-state index contributed by atoms with van der Waals surface area (Å²) < 4.78 is 37.9. The van der Waals surface area contributed by atoms with Crippen LogP contribution in [0.4, 0.5) is 23.7 Å². The Bertz CT molecular complexity index is 677. The van der Waals surface area contributed by atoms with Crippen LogP contribution in [0.1, 0.15) is 18.4 Å². The molecular formula is C15H16F3N3O3S. The molecule has 1 aliphatic heterocycles. The van der Waals surface area contributed by atoms with Gasteiger partial charge in [-0.05, 0) is 43.4 Å². The van der Waals surface area contributed by atoms with Crippen molar-refractivity contribution in [3.8, 4) is 0 Å². The molecule has 25 heavy (non-hydrogen) atoms. The fourth-order valence-electron chi connectivity index (χ4n) is 2.59. The number of rotatable bonds is 2. The van der Waals surface area contributed by atoms with E-state index < -0.39 is 29.8 Å². The lowest BCUT2D eigenvalue weighted by Gasteiger charge is -2.26. The van der Waals surface area contributed by atoms with Gasteiger partial charge in [0.15, 0.2) is 5.17 Å². The predicted octanol–water partition coefficient (Wildman–Crippen LogP) is 3.19. The quantitative estimate of drug-likeness (QED) is 0.613. The second-order valence-electron chi connectivity index (χ2n) is 5.29. The maximum absolute atomic E-state index is 12.6. The van der Waals surface area contributed by atoms with Gasteiger partial charge in [-0.25, -0.2) is 4.79 Å². The fourth-order valence-corrected chi connectivity index (χ4v) is 2.96. The monoisotopic (exact) mass is 375 g/mol. The van der Waals surface area contributed by atoms with E-state index in [2.05, 4.69) is 10.3 Å². The number of carbonyl (C=O) groups excluding carboxylic acids is 1. The molecule has 1 unspecified atom stereocenters. The first-order valence-electron chi connectivity index (χ1n) is 7.32. The lowest BCUT2D eigenvalue weighted by atomic mass is 10.1. The number of hydrogen-bond acceptors (Lipinski definition) is 4. The summed E-state index contributed by atoms with van der Waals surface area (Å²) in [6.07, 6.45) is -3.05. The molecule has 6 nitrogen and oxygen atoms in total. The summed E-state index contributed by atoms with van der Waals surface area (Å²) in [4.78, 5) is 28.0. The second-order valence-corrected chi connectivity index (χ2v) is 6.08. The molecular weight excluding hydrogens is 359 g/mol. The van der Waals surface area contributed by atoms with E-state index >= 15 is 0 Å². The number of thioether (sulfide) groups is 1. The van der Waals surface area contributed by atoms with Crippen molar-refractivity contribution < 1.29 is 27.9 Å². The zero-order valence-electron chi connectivity index (χ0n) is 13.2. The molecule has 1 aromatic rings. The van der Waals surface area contributed by atoms with Gasteiger partial charge in [0.05, 0.1) is 5.56 Å². The van der Waals surface area contributed by atoms with Crippen molar-refractivity contribution in [2.45, 2.75) is 25.1 Å². The van der Waals surface area contributed by atoms with E-state index in [9.17, 15) is 22.8 Å². The Morgan fingerprint density at radius 2 is 1.96 bits per heavy atom. The Hall–Kier alpha value is -2.23. The normalized spacial score (nSPS) is 18.3. The summed E-state index contributed by atoms with van der Waals surface area (Å²) in [5, 5.41) is 11.1. The SMILES string of the molecule is CSC(=NC(=O)O)NC(=O)C1CCCN1c1ccc(C(F)(F)F)cc1. The lowest BCUT2D eigenvalue weighted by Crippen LogP contribution is -2.45. The van der Waals surface area contributed by atoms with Gasteiger partial charge >= 0.3 is 12.3 Å². The second kappa shape index (κ2) is 7.77. The van der Waals surface area contributed by atoms with Crippen molar-refractivity contribution in [3.63, 3.8) is 0 Å². The Morgan fingerprint density at radius 3 is 2.48 bits per heavy atom. The third-order valence-electron chi connectivity index (χ3n) is 3.70. The summed E-state index contributed by atoms with van der Waals surface area (Å²) in [6, 6.07) is 4.01. The largest absolute Gasteiger partial charge is 0.463 e. The molecule has 2 amide bonds. The van der Waals surface area contributed by atoms with Crippen LogP contribution < -0.4 is 10.2 Å². The Labute approximate surface area is 146 Å². The zero-order valence-corrected chi connectivity index (χ0v) is 14.0.